The highest BCUT2D eigenvalue weighted by molar-refractivity contribution is 9.10. The third-order valence-electron chi connectivity index (χ3n) is 4.03. The standard InChI is InChI=1S/C17H25BrN2O/c1-12(2)19-10-14-5-4-8-20(11-14)17(21)15-6-7-16(18)13(3)9-15/h6-7,9,12,14,19H,4-5,8,10-11H2,1-3H3. The number of piperidine rings is 1. The Hall–Kier alpha value is -0.870. The van der Waals surface area contributed by atoms with E-state index < -0.39 is 0 Å². The third kappa shape index (κ3) is 4.55. The highest BCUT2D eigenvalue weighted by atomic mass is 79.9. The average Bonchev–Trinajstić information content (AvgIpc) is 2.47. The summed E-state index contributed by atoms with van der Waals surface area (Å²) < 4.78 is 1.05. The second-order valence-corrected chi connectivity index (χ2v) is 7.14. The number of rotatable bonds is 4. The van der Waals surface area contributed by atoms with E-state index in [-0.39, 0.29) is 5.91 Å². The normalized spacial score (nSPS) is 19.1. The van der Waals surface area contributed by atoms with Crippen molar-refractivity contribution in [2.75, 3.05) is 19.6 Å². The number of hydrogen-bond acceptors (Lipinski definition) is 2. The molecule has 0 aliphatic carbocycles. The molecule has 0 aromatic heterocycles. The predicted octanol–water partition coefficient (Wildman–Crippen LogP) is 3.61. The van der Waals surface area contributed by atoms with E-state index >= 15 is 0 Å². The number of nitrogens with zero attached hydrogens (tertiary/aromatic N) is 1. The summed E-state index contributed by atoms with van der Waals surface area (Å²) in [5.74, 6) is 0.737. The molecule has 2 rings (SSSR count). The van der Waals surface area contributed by atoms with Gasteiger partial charge in [0, 0.05) is 29.2 Å². The first kappa shape index (κ1) is 16.5. The van der Waals surface area contributed by atoms with E-state index in [4.69, 9.17) is 0 Å². The van der Waals surface area contributed by atoms with Crippen LogP contribution in [0.25, 0.3) is 0 Å². The molecule has 0 spiro atoms. The highest BCUT2D eigenvalue weighted by Crippen LogP contribution is 2.21. The first-order valence-corrected chi connectivity index (χ1v) is 8.55. The number of nitrogens with one attached hydrogen (secondary N) is 1. The van der Waals surface area contributed by atoms with E-state index in [9.17, 15) is 4.79 Å². The molecule has 1 heterocycles. The molecule has 1 saturated heterocycles. The monoisotopic (exact) mass is 352 g/mol. The quantitative estimate of drug-likeness (QED) is 0.897. The molecule has 0 saturated carbocycles. The maximum Gasteiger partial charge on any atom is 0.253 e. The van der Waals surface area contributed by atoms with Gasteiger partial charge in [0.15, 0.2) is 0 Å². The van der Waals surface area contributed by atoms with Crippen molar-refractivity contribution in [3.8, 4) is 0 Å². The van der Waals surface area contributed by atoms with Crippen molar-refractivity contribution >= 4 is 21.8 Å². The van der Waals surface area contributed by atoms with Crippen LogP contribution in [-0.2, 0) is 0 Å². The summed E-state index contributed by atoms with van der Waals surface area (Å²) in [4.78, 5) is 14.6. The van der Waals surface area contributed by atoms with Crippen molar-refractivity contribution in [1.82, 2.24) is 10.2 Å². The Morgan fingerprint density at radius 2 is 2.24 bits per heavy atom. The van der Waals surface area contributed by atoms with Gasteiger partial charge >= 0.3 is 0 Å². The molecule has 1 aliphatic rings. The Kier molecular flexibility index (Phi) is 5.82. The van der Waals surface area contributed by atoms with Gasteiger partial charge in [-0.25, -0.2) is 0 Å². The van der Waals surface area contributed by atoms with Crippen LogP contribution in [0.1, 0.15) is 42.6 Å². The summed E-state index contributed by atoms with van der Waals surface area (Å²) in [5, 5.41) is 3.49. The molecule has 21 heavy (non-hydrogen) atoms. The molecule has 0 radical (unpaired) electrons. The largest absolute Gasteiger partial charge is 0.338 e. The van der Waals surface area contributed by atoms with E-state index in [1.807, 2.05) is 30.0 Å². The van der Waals surface area contributed by atoms with E-state index in [0.29, 0.717) is 12.0 Å². The summed E-state index contributed by atoms with van der Waals surface area (Å²) in [6.45, 7) is 9.10. The zero-order valence-electron chi connectivity index (χ0n) is 13.2. The van der Waals surface area contributed by atoms with Crippen molar-refractivity contribution in [3.63, 3.8) is 0 Å². The molecule has 1 aromatic rings. The van der Waals surface area contributed by atoms with E-state index in [0.717, 1.165) is 41.7 Å². The van der Waals surface area contributed by atoms with Crippen LogP contribution in [0.5, 0.6) is 0 Å². The first-order chi connectivity index (χ1) is 9.97. The Morgan fingerprint density at radius 1 is 1.48 bits per heavy atom. The van der Waals surface area contributed by atoms with Gasteiger partial charge in [0.25, 0.3) is 5.91 Å². The first-order valence-electron chi connectivity index (χ1n) is 7.76. The van der Waals surface area contributed by atoms with Crippen LogP contribution in [0.2, 0.25) is 0 Å². The zero-order chi connectivity index (χ0) is 15.4. The van der Waals surface area contributed by atoms with Gasteiger partial charge in [-0.1, -0.05) is 29.8 Å². The van der Waals surface area contributed by atoms with Crippen LogP contribution in [0.15, 0.2) is 22.7 Å². The summed E-state index contributed by atoms with van der Waals surface area (Å²) in [5.41, 5.74) is 1.91. The number of hydrogen-bond donors (Lipinski definition) is 1. The molecule has 1 atom stereocenters. The lowest BCUT2D eigenvalue weighted by Crippen LogP contribution is -2.43. The summed E-state index contributed by atoms with van der Waals surface area (Å²) in [6, 6.07) is 6.35. The third-order valence-corrected chi connectivity index (χ3v) is 4.92. The minimum atomic E-state index is 0.167. The van der Waals surface area contributed by atoms with Gasteiger partial charge < -0.3 is 10.2 Å². The molecule has 1 N–H and O–H groups in total. The zero-order valence-corrected chi connectivity index (χ0v) is 14.7. The molecule has 3 nitrogen and oxygen atoms in total. The van der Waals surface area contributed by atoms with Gasteiger partial charge in [-0.2, -0.15) is 0 Å². The molecule has 116 valence electrons. The molecule has 1 aromatic carbocycles. The Morgan fingerprint density at radius 3 is 2.90 bits per heavy atom. The second-order valence-electron chi connectivity index (χ2n) is 6.29. The van der Waals surface area contributed by atoms with E-state index in [2.05, 4.69) is 35.1 Å². The van der Waals surface area contributed by atoms with Crippen LogP contribution in [-0.4, -0.2) is 36.5 Å². The number of amides is 1. The van der Waals surface area contributed by atoms with Gasteiger partial charge in [-0.3, -0.25) is 4.79 Å². The van der Waals surface area contributed by atoms with Gasteiger partial charge in [0.1, 0.15) is 0 Å². The van der Waals surface area contributed by atoms with Gasteiger partial charge in [0.2, 0.25) is 0 Å². The SMILES string of the molecule is Cc1cc(C(=O)N2CCCC(CNC(C)C)C2)ccc1Br. The topological polar surface area (TPSA) is 32.3 Å². The van der Waals surface area contributed by atoms with Crippen molar-refractivity contribution in [2.24, 2.45) is 5.92 Å². The molecular weight excluding hydrogens is 328 g/mol. The molecule has 1 unspecified atom stereocenters. The predicted molar refractivity (Wildman–Crippen MR) is 90.6 cm³/mol. The number of aryl methyl sites for hydroxylation is 1. The van der Waals surface area contributed by atoms with E-state index in [1.165, 1.54) is 6.42 Å². The van der Waals surface area contributed by atoms with Crippen LogP contribution < -0.4 is 5.32 Å². The van der Waals surface area contributed by atoms with Gasteiger partial charge in [-0.05, 0) is 56.0 Å². The van der Waals surface area contributed by atoms with Crippen LogP contribution in [0, 0.1) is 12.8 Å². The Balaban J connectivity index is 1.99. The van der Waals surface area contributed by atoms with Crippen LogP contribution >= 0.6 is 15.9 Å². The fourth-order valence-electron chi connectivity index (χ4n) is 2.78. The fraction of sp³-hybridized carbons (Fsp3) is 0.588. The molecule has 1 aliphatic heterocycles. The van der Waals surface area contributed by atoms with Crippen molar-refractivity contribution in [1.29, 1.82) is 0 Å². The molecule has 4 heteroatoms. The lowest BCUT2D eigenvalue weighted by molar-refractivity contribution is 0.0672. The maximum absolute atomic E-state index is 12.6. The Labute approximate surface area is 136 Å². The second kappa shape index (κ2) is 7.41. The number of halogens is 1. The van der Waals surface area contributed by atoms with Crippen molar-refractivity contribution in [2.45, 2.75) is 39.7 Å². The molecule has 0 bridgehead atoms. The van der Waals surface area contributed by atoms with Gasteiger partial charge in [-0.15, -0.1) is 0 Å². The smallest absolute Gasteiger partial charge is 0.253 e. The lowest BCUT2D eigenvalue weighted by atomic mass is 9.97. The maximum atomic E-state index is 12.6. The molecular formula is C17H25BrN2O. The summed E-state index contributed by atoms with van der Waals surface area (Å²) in [6.07, 6.45) is 2.31. The number of carbonyl (C=O) groups excluding carboxylic acids is 1. The van der Waals surface area contributed by atoms with Crippen LogP contribution in [0.3, 0.4) is 0 Å². The fourth-order valence-corrected chi connectivity index (χ4v) is 3.03. The number of carbonyl (C=O) groups is 1. The molecule has 1 fully saturated rings. The van der Waals surface area contributed by atoms with Gasteiger partial charge in [0.05, 0.1) is 0 Å². The average molecular weight is 353 g/mol. The molecule has 1 amide bonds. The minimum absolute atomic E-state index is 0.167. The number of likely N-dealkylation sites (tertiary alicyclic amines) is 1. The van der Waals surface area contributed by atoms with Crippen molar-refractivity contribution < 1.29 is 4.79 Å². The Bertz CT molecular complexity index is 502. The number of benzene rings is 1. The summed E-state index contributed by atoms with van der Waals surface area (Å²) >= 11 is 3.48. The lowest BCUT2D eigenvalue weighted by Gasteiger charge is -2.33. The minimum Gasteiger partial charge on any atom is -0.338 e. The highest BCUT2D eigenvalue weighted by Gasteiger charge is 2.24. The van der Waals surface area contributed by atoms with Crippen molar-refractivity contribution in [3.05, 3.63) is 33.8 Å². The van der Waals surface area contributed by atoms with Crippen LogP contribution in [0.4, 0.5) is 0 Å². The van der Waals surface area contributed by atoms with E-state index in [1.54, 1.807) is 0 Å². The summed E-state index contributed by atoms with van der Waals surface area (Å²) in [7, 11) is 0.